The van der Waals surface area contributed by atoms with Crippen molar-refractivity contribution < 1.29 is 9.32 Å². The highest BCUT2D eigenvalue weighted by Gasteiger charge is 2.23. The van der Waals surface area contributed by atoms with E-state index in [1.165, 1.54) is 4.88 Å². The van der Waals surface area contributed by atoms with Crippen molar-refractivity contribution in [1.29, 1.82) is 0 Å². The van der Waals surface area contributed by atoms with Gasteiger partial charge in [0.05, 0.1) is 27.2 Å². The van der Waals surface area contributed by atoms with Crippen LogP contribution in [0.4, 0.5) is 0 Å². The number of aryl methyl sites for hydroxylation is 2. The Labute approximate surface area is 151 Å². The number of rotatable bonds is 6. The zero-order chi connectivity index (χ0) is 18.0. The van der Waals surface area contributed by atoms with Crippen LogP contribution in [0, 0.1) is 13.8 Å². The molecule has 6 heteroatoms. The van der Waals surface area contributed by atoms with E-state index in [1.54, 1.807) is 11.3 Å². The summed E-state index contributed by atoms with van der Waals surface area (Å²) < 4.78 is 5.38. The summed E-state index contributed by atoms with van der Waals surface area (Å²) in [4.78, 5) is 21.9. The van der Waals surface area contributed by atoms with E-state index in [-0.39, 0.29) is 5.91 Å². The molecule has 3 heterocycles. The maximum Gasteiger partial charge on any atom is 0.259 e. The Kier molecular flexibility index (Phi) is 5.18. The van der Waals surface area contributed by atoms with E-state index < -0.39 is 0 Å². The monoisotopic (exact) mass is 357 g/mol. The zero-order valence-electron chi connectivity index (χ0n) is 15.1. The number of amides is 1. The molecule has 0 aliphatic heterocycles. The van der Waals surface area contributed by atoms with E-state index in [2.05, 4.69) is 30.1 Å². The van der Waals surface area contributed by atoms with Gasteiger partial charge >= 0.3 is 0 Å². The lowest BCUT2D eigenvalue weighted by atomic mass is 10.1. The van der Waals surface area contributed by atoms with Crippen LogP contribution in [0.1, 0.15) is 47.6 Å². The molecule has 0 aliphatic rings. The number of carbonyl (C=O) groups is 1. The van der Waals surface area contributed by atoms with Gasteiger partial charge in [-0.05, 0) is 45.4 Å². The number of hydrogen-bond donors (Lipinski definition) is 0. The summed E-state index contributed by atoms with van der Waals surface area (Å²) in [5.41, 5.74) is 2.52. The quantitative estimate of drug-likeness (QED) is 0.634. The maximum atomic E-state index is 13.2. The Morgan fingerprint density at radius 1 is 1.28 bits per heavy atom. The Hall–Kier alpha value is -2.21. The van der Waals surface area contributed by atoms with Crippen LogP contribution in [0.5, 0.6) is 0 Å². The summed E-state index contributed by atoms with van der Waals surface area (Å²) in [5, 5.41) is 4.74. The second-order valence-electron chi connectivity index (χ2n) is 6.15. The van der Waals surface area contributed by atoms with E-state index in [9.17, 15) is 4.79 Å². The third-order valence-electron chi connectivity index (χ3n) is 4.29. The first-order chi connectivity index (χ1) is 12.0. The number of carbonyl (C=O) groups excluding carboxylic acids is 1. The number of pyridine rings is 1. The van der Waals surface area contributed by atoms with Crippen LogP contribution in [0.15, 0.2) is 22.7 Å². The molecule has 3 aromatic heterocycles. The highest BCUT2D eigenvalue weighted by molar-refractivity contribution is 7.15. The average Bonchev–Trinajstić information content (AvgIpc) is 3.21. The van der Waals surface area contributed by atoms with E-state index in [0.717, 1.165) is 35.3 Å². The van der Waals surface area contributed by atoms with Crippen LogP contribution in [-0.4, -0.2) is 34.0 Å². The van der Waals surface area contributed by atoms with Crippen LogP contribution in [-0.2, 0) is 0 Å². The minimum atomic E-state index is 0.0178. The molecular formula is C19H23N3O2S. The zero-order valence-corrected chi connectivity index (χ0v) is 15.9. The van der Waals surface area contributed by atoms with Crippen molar-refractivity contribution in [3.8, 4) is 10.6 Å². The first-order valence-electron chi connectivity index (χ1n) is 8.68. The van der Waals surface area contributed by atoms with Crippen molar-refractivity contribution in [2.45, 2.75) is 40.5 Å². The SMILES string of the molecule is CCCCN(CC)C(=O)c1cc(-c2ccc(C)s2)nc2onc(C)c12. The molecule has 5 nitrogen and oxygen atoms in total. The number of hydrogen-bond acceptors (Lipinski definition) is 5. The molecule has 3 rings (SSSR count). The van der Waals surface area contributed by atoms with Gasteiger partial charge in [0.15, 0.2) is 0 Å². The van der Waals surface area contributed by atoms with Crippen LogP contribution < -0.4 is 0 Å². The predicted octanol–water partition coefficient (Wildman–Crippen LogP) is 4.83. The third kappa shape index (κ3) is 3.44. The Morgan fingerprint density at radius 3 is 2.72 bits per heavy atom. The summed E-state index contributed by atoms with van der Waals surface area (Å²) in [7, 11) is 0. The molecule has 0 atom stereocenters. The number of fused-ring (bicyclic) bond motifs is 1. The standard InChI is InChI=1S/C19H23N3O2S/c1-5-7-10-22(6-2)19(23)14-11-15(16-9-8-12(3)25-16)20-18-17(14)13(4)21-24-18/h8-9,11H,5-7,10H2,1-4H3. The molecule has 0 bridgehead atoms. The smallest absolute Gasteiger partial charge is 0.259 e. The average molecular weight is 357 g/mol. The van der Waals surface area contributed by atoms with Crippen molar-refractivity contribution in [2.24, 2.45) is 0 Å². The topological polar surface area (TPSA) is 59.2 Å². The highest BCUT2D eigenvalue weighted by atomic mass is 32.1. The normalized spacial score (nSPS) is 11.2. The van der Waals surface area contributed by atoms with Gasteiger partial charge in [0, 0.05) is 18.0 Å². The number of unbranched alkanes of at least 4 members (excludes halogenated alkanes) is 1. The lowest BCUT2D eigenvalue weighted by Crippen LogP contribution is -2.32. The van der Waals surface area contributed by atoms with E-state index in [0.29, 0.717) is 23.5 Å². The second-order valence-corrected chi connectivity index (χ2v) is 7.44. The van der Waals surface area contributed by atoms with Crippen LogP contribution in [0.2, 0.25) is 0 Å². The minimum Gasteiger partial charge on any atom is -0.339 e. The van der Waals surface area contributed by atoms with E-state index in [4.69, 9.17) is 4.52 Å². The van der Waals surface area contributed by atoms with Crippen LogP contribution in [0.25, 0.3) is 21.7 Å². The van der Waals surface area contributed by atoms with E-state index in [1.807, 2.05) is 30.9 Å². The molecule has 1 amide bonds. The molecule has 0 fully saturated rings. The van der Waals surface area contributed by atoms with Crippen molar-refractivity contribution in [3.05, 3.63) is 34.3 Å². The lowest BCUT2D eigenvalue weighted by molar-refractivity contribution is 0.0764. The number of aromatic nitrogens is 2. The second kappa shape index (κ2) is 7.35. The molecule has 132 valence electrons. The fourth-order valence-corrected chi connectivity index (χ4v) is 3.71. The largest absolute Gasteiger partial charge is 0.339 e. The fourth-order valence-electron chi connectivity index (χ4n) is 2.88. The minimum absolute atomic E-state index is 0.0178. The Morgan fingerprint density at radius 2 is 2.08 bits per heavy atom. The molecule has 0 spiro atoms. The Bertz CT molecular complexity index is 897. The first-order valence-corrected chi connectivity index (χ1v) is 9.49. The summed E-state index contributed by atoms with van der Waals surface area (Å²) in [6.07, 6.45) is 2.05. The molecular weight excluding hydrogens is 334 g/mol. The molecule has 0 radical (unpaired) electrons. The molecule has 0 saturated heterocycles. The van der Waals surface area contributed by atoms with Gasteiger partial charge < -0.3 is 9.42 Å². The van der Waals surface area contributed by atoms with Gasteiger partial charge in [-0.25, -0.2) is 4.98 Å². The molecule has 25 heavy (non-hydrogen) atoms. The molecule has 0 N–H and O–H groups in total. The Balaban J connectivity index is 2.11. The molecule has 0 saturated carbocycles. The van der Waals surface area contributed by atoms with Crippen molar-refractivity contribution >= 4 is 28.3 Å². The lowest BCUT2D eigenvalue weighted by Gasteiger charge is -2.21. The van der Waals surface area contributed by atoms with Crippen molar-refractivity contribution in [2.75, 3.05) is 13.1 Å². The van der Waals surface area contributed by atoms with Gasteiger partial charge in [0.25, 0.3) is 11.6 Å². The van der Waals surface area contributed by atoms with Gasteiger partial charge in [-0.3, -0.25) is 4.79 Å². The van der Waals surface area contributed by atoms with Crippen LogP contribution >= 0.6 is 11.3 Å². The van der Waals surface area contributed by atoms with Gasteiger partial charge in [-0.1, -0.05) is 18.5 Å². The summed E-state index contributed by atoms with van der Waals surface area (Å²) >= 11 is 1.66. The van der Waals surface area contributed by atoms with Crippen molar-refractivity contribution in [1.82, 2.24) is 15.0 Å². The van der Waals surface area contributed by atoms with E-state index >= 15 is 0 Å². The predicted molar refractivity (Wildman–Crippen MR) is 101 cm³/mol. The van der Waals surface area contributed by atoms with Gasteiger partial charge in [-0.2, -0.15) is 0 Å². The van der Waals surface area contributed by atoms with Gasteiger partial charge in [0.2, 0.25) is 0 Å². The van der Waals surface area contributed by atoms with Crippen LogP contribution in [0.3, 0.4) is 0 Å². The summed E-state index contributed by atoms with van der Waals surface area (Å²) in [6, 6.07) is 5.97. The first kappa shape index (κ1) is 17.6. The summed E-state index contributed by atoms with van der Waals surface area (Å²) in [6.45, 7) is 9.48. The third-order valence-corrected chi connectivity index (χ3v) is 5.31. The molecule has 0 aliphatic carbocycles. The van der Waals surface area contributed by atoms with Gasteiger partial charge in [-0.15, -0.1) is 11.3 Å². The number of thiophene rings is 1. The highest BCUT2D eigenvalue weighted by Crippen LogP contribution is 2.31. The molecule has 0 aromatic carbocycles. The summed E-state index contributed by atoms with van der Waals surface area (Å²) in [5.74, 6) is 0.0178. The molecule has 0 unspecified atom stereocenters. The fraction of sp³-hybridized carbons (Fsp3) is 0.421. The van der Waals surface area contributed by atoms with Gasteiger partial charge in [0.1, 0.15) is 0 Å². The molecule has 3 aromatic rings. The number of nitrogens with zero attached hydrogens (tertiary/aromatic N) is 3. The van der Waals surface area contributed by atoms with Crippen molar-refractivity contribution in [3.63, 3.8) is 0 Å². The maximum absolute atomic E-state index is 13.2.